The fraction of sp³-hybridized carbons (Fsp3) is 0.222. The molecule has 5 heteroatoms. The van der Waals surface area contributed by atoms with E-state index < -0.39 is 0 Å². The molecule has 2 aromatic rings. The molecule has 0 aromatic carbocycles. The van der Waals surface area contributed by atoms with E-state index in [0.29, 0.717) is 6.54 Å². The zero-order valence-corrected chi connectivity index (χ0v) is 7.86. The molecular weight excluding hydrogens is 178 g/mol. The summed E-state index contributed by atoms with van der Waals surface area (Å²) in [5.74, 6) is 1.68. The summed E-state index contributed by atoms with van der Waals surface area (Å²) in [5.41, 5.74) is 0.888. The SMILES string of the molecule is Cc1nccnc1NCc1ncc[nH]1. The summed E-state index contributed by atoms with van der Waals surface area (Å²) >= 11 is 0. The summed E-state index contributed by atoms with van der Waals surface area (Å²) in [4.78, 5) is 15.4. The summed E-state index contributed by atoms with van der Waals surface area (Å²) in [5, 5.41) is 3.15. The lowest BCUT2D eigenvalue weighted by atomic mass is 10.4. The molecule has 0 bridgehead atoms. The van der Waals surface area contributed by atoms with E-state index in [-0.39, 0.29) is 0 Å². The molecule has 0 spiro atoms. The van der Waals surface area contributed by atoms with E-state index in [1.54, 1.807) is 24.8 Å². The van der Waals surface area contributed by atoms with E-state index in [1.165, 1.54) is 0 Å². The number of hydrogen-bond donors (Lipinski definition) is 2. The molecule has 0 atom stereocenters. The number of nitrogens with zero attached hydrogens (tertiary/aromatic N) is 3. The normalized spacial score (nSPS) is 10.1. The first kappa shape index (κ1) is 8.68. The van der Waals surface area contributed by atoms with Crippen LogP contribution < -0.4 is 5.32 Å². The Morgan fingerprint density at radius 1 is 1.21 bits per heavy atom. The molecular formula is C9H11N5. The Labute approximate surface area is 81.6 Å². The van der Waals surface area contributed by atoms with Crippen LogP contribution in [0.1, 0.15) is 11.5 Å². The Balaban J connectivity index is 2.02. The molecule has 72 valence electrons. The van der Waals surface area contributed by atoms with Crippen LogP contribution in [0.2, 0.25) is 0 Å². The number of hydrogen-bond acceptors (Lipinski definition) is 4. The van der Waals surface area contributed by atoms with Gasteiger partial charge in [-0.25, -0.2) is 9.97 Å². The zero-order chi connectivity index (χ0) is 9.80. The number of anilines is 1. The van der Waals surface area contributed by atoms with Crippen molar-refractivity contribution in [1.82, 2.24) is 19.9 Å². The number of imidazole rings is 1. The van der Waals surface area contributed by atoms with Gasteiger partial charge in [0.1, 0.15) is 11.6 Å². The smallest absolute Gasteiger partial charge is 0.147 e. The van der Waals surface area contributed by atoms with Crippen molar-refractivity contribution in [2.75, 3.05) is 5.32 Å². The van der Waals surface area contributed by atoms with Crippen LogP contribution in [0.25, 0.3) is 0 Å². The number of aryl methyl sites for hydroxylation is 1. The van der Waals surface area contributed by atoms with Gasteiger partial charge in [0.25, 0.3) is 0 Å². The van der Waals surface area contributed by atoms with Crippen LogP contribution in [-0.2, 0) is 6.54 Å². The Bertz CT molecular complexity index is 395. The van der Waals surface area contributed by atoms with Crippen LogP contribution in [0.15, 0.2) is 24.8 Å². The molecule has 0 amide bonds. The van der Waals surface area contributed by atoms with Gasteiger partial charge in [0.2, 0.25) is 0 Å². The maximum Gasteiger partial charge on any atom is 0.147 e. The number of aromatic nitrogens is 4. The molecule has 0 saturated carbocycles. The topological polar surface area (TPSA) is 66.5 Å². The van der Waals surface area contributed by atoms with Crippen LogP contribution in [0, 0.1) is 6.92 Å². The third kappa shape index (κ3) is 1.87. The molecule has 2 aromatic heterocycles. The second-order valence-corrected chi connectivity index (χ2v) is 2.88. The van der Waals surface area contributed by atoms with Gasteiger partial charge in [0, 0.05) is 24.8 Å². The van der Waals surface area contributed by atoms with Crippen molar-refractivity contribution in [1.29, 1.82) is 0 Å². The Morgan fingerprint density at radius 2 is 2.07 bits per heavy atom. The maximum absolute atomic E-state index is 4.16. The number of aromatic amines is 1. The van der Waals surface area contributed by atoms with E-state index in [1.807, 2.05) is 6.92 Å². The van der Waals surface area contributed by atoms with Crippen molar-refractivity contribution in [3.8, 4) is 0 Å². The third-order valence-corrected chi connectivity index (χ3v) is 1.86. The fourth-order valence-corrected chi connectivity index (χ4v) is 1.14. The second kappa shape index (κ2) is 3.87. The highest BCUT2D eigenvalue weighted by Crippen LogP contribution is 2.06. The van der Waals surface area contributed by atoms with Gasteiger partial charge in [0.05, 0.1) is 12.2 Å². The van der Waals surface area contributed by atoms with Crippen molar-refractivity contribution in [2.45, 2.75) is 13.5 Å². The molecule has 0 aliphatic heterocycles. The van der Waals surface area contributed by atoms with Crippen LogP contribution in [0.4, 0.5) is 5.82 Å². The summed E-state index contributed by atoms with van der Waals surface area (Å²) in [6.07, 6.45) is 6.85. The lowest BCUT2D eigenvalue weighted by Crippen LogP contribution is -2.05. The molecule has 2 heterocycles. The Hall–Kier alpha value is -1.91. The summed E-state index contributed by atoms with van der Waals surface area (Å²) < 4.78 is 0. The van der Waals surface area contributed by atoms with Gasteiger partial charge in [-0.15, -0.1) is 0 Å². The largest absolute Gasteiger partial charge is 0.361 e. The van der Waals surface area contributed by atoms with Gasteiger partial charge in [-0.1, -0.05) is 0 Å². The lowest BCUT2D eigenvalue weighted by Gasteiger charge is -2.04. The molecule has 0 saturated heterocycles. The van der Waals surface area contributed by atoms with Crippen LogP contribution in [-0.4, -0.2) is 19.9 Å². The highest BCUT2D eigenvalue weighted by Gasteiger charge is 1.99. The third-order valence-electron chi connectivity index (χ3n) is 1.86. The molecule has 5 nitrogen and oxygen atoms in total. The number of H-pyrrole nitrogens is 1. The van der Waals surface area contributed by atoms with Gasteiger partial charge < -0.3 is 10.3 Å². The molecule has 2 N–H and O–H groups in total. The van der Waals surface area contributed by atoms with Crippen LogP contribution in [0.5, 0.6) is 0 Å². The Morgan fingerprint density at radius 3 is 2.79 bits per heavy atom. The predicted octanol–water partition coefficient (Wildman–Crippen LogP) is 1.12. The fourth-order valence-electron chi connectivity index (χ4n) is 1.14. The van der Waals surface area contributed by atoms with Crippen LogP contribution in [0.3, 0.4) is 0 Å². The minimum absolute atomic E-state index is 0.631. The molecule has 0 aliphatic carbocycles. The van der Waals surface area contributed by atoms with Crippen LogP contribution >= 0.6 is 0 Å². The van der Waals surface area contributed by atoms with E-state index in [4.69, 9.17) is 0 Å². The summed E-state index contributed by atoms with van der Waals surface area (Å²) in [6, 6.07) is 0. The quantitative estimate of drug-likeness (QED) is 0.759. The number of rotatable bonds is 3. The summed E-state index contributed by atoms with van der Waals surface area (Å²) in [6.45, 7) is 2.55. The second-order valence-electron chi connectivity index (χ2n) is 2.88. The zero-order valence-electron chi connectivity index (χ0n) is 7.86. The summed E-state index contributed by atoms with van der Waals surface area (Å²) in [7, 11) is 0. The first-order valence-corrected chi connectivity index (χ1v) is 4.36. The minimum Gasteiger partial charge on any atom is -0.361 e. The van der Waals surface area contributed by atoms with E-state index >= 15 is 0 Å². The minimum atomic E-state index is 0.631. The number of nitrogens with one attached hydrogen (secondary N) is 2. The highest BCUT2D eigenvalue weighted by atomic mass is 15.0. The van der Waals surface area contributed by atoms with Gasteiger partial charge in [-0.05, 0) is 6.92 Å². The van der Waals surface area contributed by atoms with E-state index in [2.05, 4.69) is 25.3 Å². The van der Waals surface area contributed by atoms with Gasteiger partial charge >= 0.3 is 0 Å². The average Bonchev–Trinajstić information content (AvgIpc) is 2.69. The van der Waals surface area contributed by atoms with Crippen molar-refractivity contribution in [2.24, 2.45) is 0 Å². The van der Waals surface area contributed by atoms with Crippen molar-refractivity contribution < 1.29 is 0 Å². The van der Waals surface area contributed by atoms with Crippen molar-refractivity contribution in [3.63, 3.8) is 0 Å². The van der Waals surface area contributed by atoms with Gasteiger partial charge in [-0.2, -0.15) is 0 Å². The molecule has 0 aliphatic rings. The van der Waals surface area contributed by atoms with E-state index in [9.17, 15) is 0 Å². The molecule has 0 unspecified atom stereocenters. The van der Waals surface area contributed by atoms with Crippen molar-refractivity contribution >= 4 is 5.82 Å². The van der Waals surface area contributed by atoms with Gasteiger partial charge in [0.15, 0.2) is 0 Å². The first-order chi connectivity index (χ1) is 6.86. The molecule has 14 heavy (non-hydrogen) atoms. The lowest BCUT2D eigenvalue weighted by molar-refractivity contribution is 0.972. The molecule has 0 radical (unpaired) electrons. The highest BCUT2D eigenvalue weighted by molar-refractivity contribution is 5.38. The average molecular weight is 189 g/mol. The monoisotopic (exact) mass is 189 g/mol. The van der Waals surface area contributed by atoms with E-state index in [0.717, 1.165) is 17.3 Å². The maximum atomic E-state index is 4.16. The molecule has 2 rings (SSSR count). The predicted molar refractivity (Wildman–Crippen MR) is 52.7 cm³/mol. The van der Waals surface area contributed by atoms with Gasteiger partial charge in [-0.3, -0.25) is 4.98 Å². The van der Waals surface area contributed by atoms with Crippen molar-refractivity contribution in [3.05, 3.63) is 36.3 Å². The Kier molecular flexibility index (Phi) is 2.40. The first-order valence-electron chi connectivity index (χ1n) is 4.36. The molecule has 0 fully saturated rings. The standard InChI is InChI=1S/C9H11N5/c1-7-9(13-5-2-10-7)14-6-8-11-3-4-12-8/h2-5H,6H2,1H3,(H,11,12)(H,13,14).